The molecule has 0 spiro atoms. The van der Waals surface area contributed by atoms with Gasteiger partial charge in [0.05, 0.1) is 10.8 Å². The third-order valence-corrected chi connectivity index (χ3v) is 4.78. The number of hydrogen-bond donors (Lipinski definition) is 1. The van der Waals surface area contributed by atoms with Crippen LogP contribution in [0.15, 0.2) is 53.4 Å². The van der Waals surface area contributed by atoms with E-state index < -0.39 is 11.2 Å². The summed E-state index contributed by atoms with van der Waals surface area (Å²) in [5.41, 5.74) is 2.14. The molecule has 0 aliphatic rings. The maximum Gasteiger partial charge on any atom is 0.336 e. The van der Waals surface area contributed by atoms with Crippen LogP contribution in [0, 0.1) is 10.1 Å². The van der Waals surface area contributed by atoms with Gasteiger partial charge in [-0.15, -0.1) is 11.8 Å². The summed E-state index contributed by atoms with van der Waals surface area (Å²) >= 11 is 1.22. The van der Waals surface area contributed by atoms with Crippen LogP contribution in [-0.4, -0.2) is 22.5 Å². The molecular weight excluding hydrogens is 314 g/mol. The number of thioether (sulfide) groups is 1. The Morgan fingerprint density at radius 1 is 1.22 bits per heavy atom. The standard InChI is InChI=1S/C17H17NO4S/c1-2-12-7-9-13(10-8-12)16(11-18(21)22)23-15-6-4-3-5-14(15)17(19)20/h3-10,16H,2,11H2,1H3,(H,19,20). The predicted octanol–water partition coefficient (Wildman–Crippen LogP) is 4.06. The molecule has 0 saturated carbocycles. The molecule has 23 heavy (non-hydrogen) atoms. The first-order chi connectivity index (χ1) is 11.0. The lowest BCUT2D eigenvalue weighted by Crippen LogP contribution is -2.10. The summed E-state index contributed by atoms with van der Waals surface area (Å²) in [5.74, 6) is -1.03. The summed E-state index contributed by atoms with van der Waals surface area (Å²) in [7, 11) is 0. The van der Waals surface area contributed by atoms with E-state index in [0.717, 1.165) is 17.5 Å². The fraction of sp³-hybridized carbons (Fsp3) is 0.235. The molecule has 0 aromatic heterocycles. The Labute approximate surface area is 138 Å². The minimum Gasteiger partial charge on any atom is -0.478 e. The molecule has 2 rings (SSSR count). The summed E-state index contributed by atoms with van der Waals surface area (Å²) in [6.07, 6.45) is 0.898. The van der Waals surface area contributed by atoms with Gasteiger partial charge in [-0.05, 0) is 29.7 Å². The van der Waals surface area contributed by atoms with Gasteiger partial charge in [-0.2, -0.15) is 0 Å². The van der Waals surface area contributed by atoms with Crippen LogP contribution in [0.4, 0.5) is 0 Å². The van der Waals surface area contributed by atoms with E-state index in [9.17, 15) is 20.0 Å². The molecule has 1 N–H and O–H groups in total. The van der Waals surface area contributed by atoms with Crippen LogP contribution >= 0.6 is 11.8 Å². The maximum absolute atomic E-state index is 11.3. The van der Waals surface area contributed by atoms with Crippen molar-refractivity contribution in [1.29, 1.82) is 0 Å². The number of rotatable bonds is 7. The molecule has 2 aromatic carbocycles. The van der Waals surface area contributed by atoms with Crippen molar-refractivity contribution in [1.82, 2.24) is 0 Å². The minimum atomic E-state index is -1.03. The number of aromatic carboxylic acids is 1. The van der Waals surface area contributed by atoms with Gasteiger partial charge in [-0.1, -0.05) is 43.3 Å². The third-order valence-electron chi connectivity index (χ3n) is 3.46. The number of benzene rings is 2. The zero-order chi connectivity index (χ0) is 16.8. The lowest BCUT2D eigenvalue weighted by Gasteiger charge is -2.15. The molecule has 120 valence electrons. The van der Waals surface area contributed by atoms with E-state index in [0.29, 0.717) is 4.90 Å². The molecule has 6 heteroatoms. The van der Waals surface area contributed by atoms with Crippen LogP contribution in [0.3, 0.4) is 0 Å². The van der Waals surface area contributed by atoms with Crippen molar-refractivity contribution in [3.8, 4) is 0 Å². The van der Waals surface area contributed by atoms with E-state index in [-0.39, 0.29) is 17.0 Å². The van der Waals surface area contributed by atoms with Crippen LogP contribution in [0.2, 0.25) is 0 Å². The molecule has 0 aliphatic heterocycles. The van der Waals surface area contributed by atoms with Gasteiger partial charge < -0.3 is 5.11 Å². The molecule has 0 heterocycles. The van der Waals surface area contributed by atoms with Crippen LogP contribution in [0.25, 0.3) is 0 Å². The van der Waals surface area contributed by atoms with Crippen molar-refractivity contribution in [2.45, 2.75) is 23.5 Å². The molecule has 2 aromatic rings. The van der Waals surface area contributed by atoms with Gasteiger partial charge in [0.15, 0.2) is 0 Å². The number of aryl methyl sites for hydroxylation is 1. The number of carboxylic acids is 1. The van der Waals surface area contributed by atoms with Gasteiger partial charge in [0.25, 0.3) is 0 Å². The summed E-state index contributed by atoms with van der Waals surface area (Å²) in [4.78, 5) is 22.5. The number of carbonyl (C=O) groups is 1. The topological polar surface area (TPSA) is 80.4 Å². The Balaban J connectivity index is 2.32. The molecule has 5 nitrogen and oxygen atoms in total. The van der Waals surface area contributed by atoms with Crippen molar-refractivity contribution < 1.29 is 14.8 Å². The predicted molar refractivity (Wildman–Crippen MR) is 89.7 cm³/mol. The van der Waals surface area contributed by atoms with E-state index in [2.05, 4.69) is 0 Å². The van der Waals surface area contributed by atoms with E-state index >= 15 is 0 Å². The van der Waals surface area contributed by atoms with Crippen LogP contribution in [0.5, 0.6) is 0 Å². The highest BCUT2D eigenvalue weighted by Crippen LogP contribution is 2.37. The number of hydrogen-bond acceptors (Lipinski definition) is 4. The third kappa shape index (κ3) is 4.56. The molecule has 0 saturated heterocycles. The Morgan fingerprint density at radius 3 is 2.43 bits per heavy atom. The SMILES string of the molecule is CCc1ccc(C(C[N+](=O)[O-])Sc2ccccc2C(=O)O)cc1. The zero-order valence-corrected chi connectivity index (χ0v) is 13.5. The smallest absolute Gasteiger partial charge is 0.336 e. The molecule has 0 radical (unpaired) electrons. The number of nitrogens with zero attached hydrogens (tertiary/aromatic N) is 1. The van der Waals surface area contributed by atoms with E-state index in [1.54, 1.807) is 18.2 Å². The van der Waals surface area contributed by atoms with E-state index in [1.165, 1.54) is 17.8 Å². The second-order valence-corrected chi connectivity index (χ2v) is 6.26. The van der Waals surface area contributed by atoms with Crippen molar-refractivity contribution in [2.24, 2.45) is 0 Å². The van der Waals surface area contributed by atoms with Gasteiger partial charge in [0.2, 0.25) is 6.54 Å². The van der Waals surface area contributed by atoms with Crippen LogP contribution in [0.1, 0.15) is 33.7 Å². The quantitative estimate of drug-likeness (QED) is 0.470. The Bertz CT molecular complexity index is 700. The Kier molecular flexibility index (Phi) is 5.76. The van der Waals surface area contributed by atoms with Crippen molar-refractivity contribution in [3.63, 3.8) is 0 Å². The molecule has 0 aliphatic carbocycles. The Morgan fingerprint density at radius 2 is 1.87 bits per heavy atom. The molecule has 1 atom stereocenters. The first-order valence-corrected chi connectivity index (χ1v) is 8.08. The molecular formula is C17H17NO4S. The van der Waals surface area contributed by atoms with Crippen molar-refractivity contribution in [2.75, 3.05) is 6.54 Å². The molecule has 1 unspecified atom stereocenters. The summed E-state index contributed by atoms with van der Waals surface area (Å²) in [6.45, 7) is 1.78. The van der Waals surface area contributed by atoms with Gasteiger partial charge in [-0.25, -0.2) is 4.79 Å². The highest BCUT2D eigenvalue weighted by Gasteiger charge is 2.22. The summed E-state index contributed by atoms with van der Waals surface area (Å²) < 4.78 is 0. The van der Waals surface area contributed by atoms with Crippen molar-refractivity contribution in [3.05, 3.63) is 75.3 Å². The number of carboxylic acid groups (broad SMARTS) is 1. The second kappa shape index (κ2) is 7.78. The van der Waals surface area contributed by atoms with E-state index in [1.807, 2.05) is 31.2 Å². The van der Waals surface area contributed by atoms with Crippen molar-refractivity contribution >= 4 is 17.7 Å². The lowest BCUT2D eigenvalue weighted by atomic mass is 10.1. The highest BCUT2D eigenvalue weighted by molar-refractivity contribution is 7.99. The summed E-state index contributed by atoms with van der Waals surface area (Å²) in [6, 6.07) is 14.2. The lowest BCUT2D eigenvalue weighted by molar-refractivity contribution is -0.479. The normalized spacial score (nSPS) is 11.9. The first kappa shape index (κ1) is 17.0. The Hall–Kier alpha value is -2.34. The van der Waals surface area contributed by atoms with Gasteiger partial charge in [-0.3, -0.25) is 10.1 Å². The molecule has 0 bridgehead atoms. The van der Waals surface area contributed by atoms with Gasteiger partial charge >= 0.3 is 5.97 Å². The maximum atomic E-state index is 11.3. The van der Waals surface area contributed by atoms with E-state index in [4.69, 9.17) is 0 Å². The van der Waals surface area contributed by atoms with Gasteiger partial charge in [0.1, 0.15) is 0 Å². The monoisotopic (exact) mass is 331 g/mol. The highest BCUT2D eigenvalue weighted by atomic mass is 32.2. The van der Waals surface area contributed by atoms with Crippen LogP contribution in [-0.2, 0) is 6.42 Å². The first-order valence-electron chi connectivity index (χ1n) is 7.21. The van der Waals surface area contributed by atoms with Gasteiger partial charge in [0, 0.05) is 9.82 Å². The summed E-state index contributed by atoms with van der Waals surface area (Å²) in [5, 5.41) is 19.8. The average molecular weight is 331 g/mol. The molecule has 0 fully saturated rings. The second-order valence-electron chi connectivity index (χ2n) is 5.02. The minimum absolute atomic E-state index is 0.163. The fourth-order valence-electron chi connectivity index (χ4n) is 2.21. The molecule has 0 amide bonds. The zero-order valence-electron chi connectivity index (χ0n) is 12.6. The van der Waals surface area contributed by atoms with Crippen LogP contribution < -0.4 is 0 Å². The fourth-order valence-corrected chi connectivity index (χ4v) is 3.45. The average Bonchev–Trinajstić information content (AvgIpc) is 2.54. The number of nitro groups is 1. The largest absolute Gasteiger partial charge is 0.478 e.